The average Bonchev–Trinajstić information content (AvgIpc) is 3.18. The average molecular weight is 496 g/mol. The van der Waals surface area contributed by atoms with E-state index in [-0.39, 0.29) is 35.5 Å². The second-order valence-corrected chi connectivity index (χ2v) is 9.30. The first-order valence-electron chi connectivity index (χ1n) is 10.9. The molecule has 10 heteroatoms. The van der Waals surface area contributed by atoms with Crippen LogP contribution in [-0.2, 0) is 12.6 Å². The minimum absolute atomic E-state index is 0.0162. The number of carbonyl (C=O) groups excluding carboxylic acids is 2. The minimum Gasteiger partial charge on any atom is -0.495 e. The fraction of sp³-hybridized carbons (Fsp3) is 0.269. The molecule has 186 valence electrons. The molecule has 0 unspecified atom stereocenters. The largest absolute Gasteiger partial charge is 0.495 e. The van der Waals surface area contributed by atoms with Gasteiger partial charge in [0.2, 0.25) is 0 Å². The number of benzene rings is 2. The predicted molar refractivity (Wildman–Crippen MR) is 128 cm³/mol. The summed E-state index contributed by atoms with van der Waals surface area (Å²) in [7, 11) is 1.46. The summed E-state index contributed by atoms with van der Waals surface area (Å²) in [6.45, 7) is 3.63. The zero-order valence-corrected chi connectivity index (χ0v) is 19.8. The van der Waals surface area contributed by atoms with E-state index < -0.39 is 34.5 Å². The maximum absolute atomic E-state index is 13.8. The number of methoxy groups -OCH3 is 1. The van der Waals surface area contributed by atoms with E-state index in [4.69, 9.17) is 16.9 Å². The Morgan fingerprint density at radius 3 is 2.56 bits per heavy atom. The summed E-state index contributed by atoms with van der Waals surface area (Å²) in [5.41, 5.74) is 5.11. The van der Waals surface area contributed by atoms with Crippen molar-refractivity contribution in [3.05, 3.63) is 64.5 Å². The number of ketones is 1. The van der Waals surface area contributed by atoms with Crippen LogP contribution < -0.4 is 15.8 Å². The van der Waals surface area contributed by atoms with Gasteiger partial charge in [-0.05, 0) is 42.2 Å². The number of halogens is 3. The Balaban J connectivity index is 1.87. The lowest BCUT2D eigenvalue weighted by Crippen LogP contribution is -2.29. The number of rotatable bonds is 5. The molecule has 0 atom stereocenters. The molecular weight excluding hydrogens is 473 g/mol. The molecule has 0 spiro atoms. The van der Waals surface area contributed by atoms with Gasteiger partial charge in [0.15, 0.2) is 11.5 Å². The van der Waals surface area contributed by atoms with Gasteiger partial charge >= 0.3 is 6.18 Å². The number of nitrogens with zero attached hydrogens (tertiary/aromatic N) is 2. The predicted octanol–water partition coefficient (Wildman–Crippen LogP) is 4.88. The summed E-state index contributed by atoms with van der Waals surface area (Å²) in [6.07, 6.45) is 0.854. The molecule has 0 fully saturated rings. The fourth-order valence-corrected chi connectivity index (χ4v) is 4.39. The van der Waals surface area contributed by atoms with Crippen LogP contribution in [0.4, 0.5) is 24.5 Å². The summed E-state index contributed by atoms with van der Waals surface area (Å²) in [4.78, 5) is 24.8. The quantitative estimate of drug-likeness (QED) is 0.491. The number of ether oxygens (including phenoxy) is 1. The molecule has 3 aromatic rings. The topological polar surface area (TPSA) is 99.2 Å². The minimum atomic E-state index is -4.81. The number of carbonyl (C=O) groups is 2. The van der Waals surface area contributed by atoms with Gasteiger partial charge in [0, 0.05) is 18.2 Å². The first-order valence-corrected chi connectivity index (χ1v) is 10.9. The van der Waals surface area contributed by atoms with E-state index in [0.717, 1.165) is 4.68 Å². The third-order valence-corrected chi connectivity index (χ3v) is 5.96. The second kappa shape index (κ2) is 8.75. The number of Topliss-reactive ketones (excluding diaryl/α,β-unsaturated/α-hetero) is 1. The molecule has 0 bridgehead atoms. The van der Waals surface area contributed by atoms with Crippen molar-refractivity contribution >= 4 is 23.1 Å². The first-order chi connectivity index (χ1) is 16.8. The maximum Gasteiger partial charge on any atom is 0.435 e. The van der Waals surface area contributed by atoms with E-state index in [2.05, 4.69) is 16.3 Å². The van der Waals surface area contributed by atoms with E-state index >= 15 is 0 Å². The molecule has 36 heavy (non-hydrogen) atoms. The molecule has 1 aliphatic rings. The van der Waals surface area contributed by atoms with Gasteiger partial charge in [0.1, 0.15) is 5.75 Å². The van der Waals surface area contributed by atoms with Crippen LogP contribution in [0.15, 0.2) is 36.4 Å². The number of hydrogen-bond acceptors (Lipinski definition) is 5. The van der Waals surface area contributed by atoms with Crippen LogP contribution in [0.3, 0.4) is 0 Å². The highest BCUT2D eigenvalue weighted by atomic mass is 19.4. The normalized spacial score (nSPS) is 14.6. The lowest BCUT2D eigenvalue weighted by molar-refractivity contribution is -0.141. The summed E-state index contributed by atoms with van der Waals surface area (Å²) in [5.74, 6) is 1.56. The third kappa shape index (κ3) is 4.52. The monoisotopic (exact) mass is 496 g/mol. The number of amides is 1. The van der Waals surface area contributed by atoms with Crippen molar-refractivity contribution in [2.24, 2.45) is 11.1 Å². The smallest absolute Gasteiger partial charge is 0.435 e. The van der Waals surface area contributed by atoms with Crippen molar-refractivity contribution < 1.29 is 27.5 Å². The number of primary amides is 1. The Morgan fingerprint density at radius 2 is 1.94 bits per heavy atom. The van der Waals surface area contributed by atoms with Gasteiger partial charge in [-0.3, -0.25) is 9.59 Å². The first kappa shape index (κ1) is 24.9. The van der Waals surface area contributed by atoms with Crippen LogP contribution in [0.1, 0.15) is 57.9 Å². The Bertz CT molecular complexity index is 1430. The molecule has 1 aromatic heterocycles. The van der Waals surface area contributed by atoms with Crippen LogP contribution in [0.25, 0.3) is 5.69 Å². The van der Waals surface area contributed by atoms with Gasteiger partial charge in [-0.15, -0.1) is 6.42 Å². The summed E-state index contributed by atoms with van der Waals surface area (Å²) in [6, 6.07) is 9.21. The molecule has 2 aromatic carbocycles. The van der Waals surface area contributed by atoms with Crippen LogP contribution in [0, 0.1) is 17.8 Å². The molecule has 0 saturated carbocycles. The van der Waals surface area contributed by atoms with E-state index in [1.807, 2.05) is 13.8 Å². The number of nitrogens with two attached hydrogens (primary N) is 1. The summed E-state index contributed by atoms with van der Waals surface area (Å²) >= 11 is 0. The number of terminal acetylenes is 1. The molecule has 0 saturated heterocycles. The third-order valence-electron chi connectivity index (χ3n) is 5.96. The fourth-order valence-electron chi connectivity index (χ4n) is 4.39. The van der Waals surface area contributed by atoms with Crippen LogP contribution in [0.5, 0.6) is 5.75 Å². The highest BCUT2D eigenvalue weighted by Gasteiger charge is 2.45. The lowest BCUT2D eigenvalue weighted by atomic mass is 9.75. The molecule has 3 N–H and O–H groups in total. The lowest BCUT2D eigenvalue weighted by Gasteiger charge is -2.29. The number of alkyl halides is 3. The molecule has 0 radical (unpaired) electrons. The van der Waals surface area contributed by atoms with Crippen molar-refractivity contribution in [3.8, 4) is 23.8 Å². The Labute approximate surface area is 205 Å². The van der Waals surface area contributed by atoms with E-state index in [1.54, 1.807) is 18.2 Å². The number of fused-ring (bicyclic) bond motifs is 1. The van der Waals surface area contributed by atoms with Crippen molar-refractivity contribution in [1.29, 1.82) is 0 Å². The van der Waals surface area contributed by atoms with Crippen molar-refractivity contribution in [1.82, 2.24) is 9.78 Å². The van der Waals surface area contributed by atoms with E-state index in [1.165, 1.54) is 25.3 Å². The van der Waals surface area contributed by atoms with Crippen LogP contribution >= 0.6 is 0 Å². The van der Waals surface area contributed by atoms with Crippen molar-refractivity contribution in [3.63, 3.8) is 0 Å². The Kier molecular flexibility index (Phi) is 6.04. The van der Waals surface area contributed by atoms with Gasteiger partial charge in [0.05, 0.1) is 40.9 Å². The highest BCUT2D eigenvalue weighted by Crippen LogP contribution is 2.42. The molecular formula is C26H23F3N4O3. The SMILES string of the molecule is C#Cc1ccc(Nc2cc(-n3nc(C(F)(F)F)c4c3CC(C)(C)CC4=O)ccc2C(N)=O)cc1OC. The van der Waals surface area contributed by atoms with Crippen molar-refractivity contribution in [2.45, 2.75) is 32.9 Å². The molecule has 1 aliphatic carbocycles. The summed E-state index contributed by atoms with van der Waals surface area (Å²) < 4.78 is 47.8. The van der Waals surface area contributed by atoms with Gasteiger partial charge in [-0.1, -0.05) is 19.8 Å². The highest BCUT2D eigenvalue weighted by molar-refractivity contribution is 6.01. The number of nitrogens with one attached hydrogen (secondary N) is 1. The molecule has 0 aliphatic heterocycles. The van der Waals surface area contributed by atoms with Gasteiger partial charge in [0.25, 0.3) is 5.91 Å². The van der Waals surface area contributed by atoms with E-state index in [9.17, 15) is 22.8 Å². The molecule has 4 rings (SSSR count). The zero-order chi connectivity index (χ0) is 26.4. The number of anilines is 2. The number of aromatic nitrogens is 2. The van der Waals surface area contributed by atoms with Gasteiger partial charge < -0.3 is 15.8 Å². The maximum atomic E-state index is 13.8. The second-order valence-electron chi connectivity index (χ2n) is 9.30. The molecule has 1 amide bonds. The Morgan fingerprint density at radius 1 is 1.22 bits per heavy atom. The van der Waals surface area contributed by atoms with Crippen LogP contribution in [-0.4, -0.2) is 28.6 Å². The van der Waals surface area contributed by atoms with Gasteiger partial charge in [-0.2, -0.15) is 18.3 Å². The number of hydrogen-bond donors (Lipinski definition) is 2. The van der Waals surface area contributed by atoms with Crippen molar-refractivity contribution in [2.75, 3.05) is 12.4 Å². The molecule has 1 heterocycles. The standard InChI is InChI=1S/C26H23F3N4O3/c1-5-14-6-7-15(10-21(14)36-4)31-18-11-16(8-9-17(18)24(30)35)33-19-12-25(2,3)13-20(34)22(19)23(32-33)26(27,28)29/h1,6-11,31H,12-13H2,2-4H3,(H2,30,35). The Hall–Kier alpha value is -4.26. The van der Waals surface area contributed by atoms with E-state index in [0.29, 0.717) is 17.0 Å². The molecule has 7 nitrogen and oxygen atoms in total. The van der Waals surface area contributed by atoms with Crippen LogP contribution in [0.2, 0.25) is 0 Å². The zero-order valence-electron chi connectivity index (χ0n) is 19.8. The van der Waals surface area contributed by atoms with Gasteiger partial charge in [-0.25, -0.2) is 4.68 Å². The summed E-state index contributed by atoms with van der Waals surface area (Å²) in [5, 5.41) is 6.86.